The smallest absolute Gasteiger partial charge is 0.172 e. The Bertz CT molecular complexity index is 789. The molecule has 0 unspecified atom stereocenters. The zero-order chi connectivity index (χ0) is 15.6. The number of hydrogen-bond donors (Lipinski definition) is 0. The monoisotopic (exact) mass is 434 g/mol. The maximum atomic E-state index is 14.1. The van der Waals surface area contributed by atoms with Gasteiger partial charge in [-0.1, -0.05) is 76.6 Å². The average molecular weight is 436 g/mol. The van der Waals surface area contributed by atoms with Crippen molar-refractivity contribution < 1.29 is 4.57 Å². The van der Waals surface area contributed by atoms with Crippen molar-refractivity contribution in [2.24, 2.45) is 0 Å². The van der Waals surface area contributed by atoms with Crippen molar-refractivity contribution in [1.29, 1.82) is 0 Å². The van der Waals surface area contributed by atoms with Crippen molar-refractivity contribution in [1.82, 2.24) is 0 Å². The molecule has 0 bridgehead atoms. The molecule has 4 heteroatoms. The highest BCUT2D eigenvalue weighted by Gasteiger charge is 2.31. The van der Waals surface area contributed by atoms with Crippen LogP contribution in [-0.2, 0) is 4.57 Å². The Labute approximate surface area is 147 Å². The minimum atomic E-state index is -2.90. The molecule has 3 aromatic carbocycles. The highest BCUT2D eigenvalue weighted by Crippen LogP contribution is 2.44. The van der Waals surface area contributed by atoms with Crippen LogP contribution in [0.1, 0.15) is 0 Å². The second kappa shape index (κ2) is 6.54. The largest absolute Gasteiger partial charge is 0.309 e. The van der Waals surface area contributed by atoms with Gasteiger partial charge >= 0.3 is 0 Å². The van der Waals surface area contributed by atoms with Gasteiger partial charge < -0.3 is 4.57 Å². The highest BCUT2D eigenvalue weighted by atomic mass is 79.9. The first-order valence-corrected chi connectivity index (χ1v) is 10.1. The molecular formula is C18H13Br2OP. The zero-order valence-electron chi connectivity index (χ0n) is 11.6. The van der Waals surface area contributed by atoms with Crippen molar-refractivity contribution in [3.63, 3.8) is 0 Å². The average Bonchev–Trinajstić information content (AvgIpc) is 2.56. The molecule has 0 amide bonds. The van der Waals surface area contributed by atoms with E-state index < -0.39 is 7.14 Å². The van der Waals surface area contributed by atoms with Gasteiger partial charge in [0.15, 0.2) is 7.14 Å². The van der Waals surface area contributed by atoms with Crippen LogP contribution in [0.5, 0.6) is 0 Å². The van der Waals surface area contributed by atoms with E-state index in [4.69, 9.17) is 0 Å². The van der Waals surface area contributed by atoms with Crippen LogP contribution in [0.4, 0.5) is 0 Å². The lowest BCUT2D eigenvalue weighted by Crippen LogP contribution is -2.25. The van der Waals surface area contributed by atoms with Gasteiger partial charge in [0.2, 0.25) is 0 Å². The Morgan fingerprint density at radius 2 is 1.18 bits per heavy atom. The van der Waals surface area contributed by atoms with Gasteiger partial charge in [-0.05, 0) is 34.1 Å². The van der Waals surface area contributed by atoms with Crippen LogP contribution in [0.2, 0.25) is 0 Å². The van der Waals surface area contributed by atoms with Gasteiger partial charge in [0, 0.05) is 24.9 Å². The first-order valence-electron chi connectivity index (χ1n) is 6.79. The Morgan fingerprint density at radius 1 is 0.682 bits per heavy atom. The summed E-state index contributed by atoms with van der Waals surface area (Å²) in [6, 6.07) is 25.1. The van der Waals surface area contributed by atoms with E-state index in [0.29, 0.717) is 0 Å². The van der Waals surface area contributed by atoms with E-state index in [1.54, 1.807) is 0 Å². The molecule has 0 aromatic heterocycles. The van der Waals surface area contributed by atoms with Crippen molar-refractivity contribution in [3.8, 4) is 0 Å². The molecule has 0 saturated heterocycles. The standard InChI is InChI=1S/C18H13Br2OP/c19-14-11-12-18(17(20)13-14)22(21,15-7-3-1-4-8-15)16-9-5-2-6-10-16/h1-13H. The summed E-state index contributed by atoms with van der Waals surface area (Å²) in [5, 5.41) is 2.49. The number of halogens is 2. The minimum absolute atomic E-state index is 0.813. The quantitative estimate of drug-likeness (QED) is 0.537. The molecule has 3 rings (SSSR count). The van der Waals surface area contributed by atoms with Crippen molar-refractivity contribution >= 4 is 54.9 Å². The van der Waals surface area contributed by atoms with Crippen LogP contribution in [0.15, 0.2) is 87.8 Å². The van der Waals surface area contributed by atoms with E-state index >= 15 is 0 Å². The Kier molecular flexibility index (Phi) is 4.67. The van der Waals surface area contributed by atoms with Crippen LogP contribution >= 0.6 is 39.0 Å². The Balaban J connectivity index is 2.31. The van der Waals surface area contributed by atoms with Crippen LogP contribution in [0, 0.1) is 0 Å². The molecule has 22 heavy (non-hydrogen) atoms. The summed E-state index contributed by atoms with van der Waals surface area (Å²) in [5.41, 5.74) is 0. The molecule has 0 aliphatic rings. The summed E-state index contributed by atoms with van der Waals surface area (Å²) >= 11 is 7.03. The Morgan fingerprint density at radius 3 is 1.64 bits per heavy atom. The predicted molar refractivity (Wildman–Crippen MR) is 101 cm³/mol. The fourth-order valence-electron chi connectivity index (χ4n) is 2.44. The first-order chi connectivity index (χ1) is 10.6. The van der Waals surface area contributed by atoms with Crippen LogP contribution in [-0.4, -0.2) is 0 Å². The van der Waals surface area contributed by atoms with Gasteiger partial charge in [-0.2, -0.15) is 0 Å². The molecule has 0 radical (unpaired) electrons. The second-order valence-electron chi connectivity index (χ2n) is 4.88. The molecule has 1 nitrogen and oxygen atoms in total. The summed E-state index contributed by atoms with van der Waals surface area (Å²) in [6.45, 7) is 0. The third-order valence-electron chi connectivity index (χ3n) is 3.49. The molecule has 0 spiro atoms. The summed E-state index contributed by atoms with van der Waals surface area (Å²) in [5.74, 6) is 0. The Hall–Kier alpha value is -1.15. The number of rotatable bonds is 3. The number of benzene rings is 3. The third-order valence-corrected chi connectivity index (χ3v) is 8.06. The van der Waals surface area contributed by atoms with Gasteiger partial charge in [0.05, 0.1) is 0 Å². The summed E-state index contributed by atoms with van der Waals surface area (Å²) in [7, 11) is -2.90. The molecule has 0 aliphatic heterocycles. The predicted octanol–water partition coefficient (Wildman–Crippen LogP) is 4.85. The lowest BCUT2D eigenvalue weighted by atomic mass is 10.4. The maximum absolute atomic E-state index is 14.1. The third kappa shape index (κ3) is 2.86. The normalized spacial score (nSPS) is 11.4. The van der Waals surface area contributed by atoms with E-state index in [2.05, 4.69) is 31.9 Å². The van der Waals surface area contributed by atoms with Gasteiger partial charge in [0.25, 0.3) is 0 Å². The molecule has 3 aromatic rings. The number of hydrogen-bond acceptors (Lipinski definition) is 1. The van der Waals surface area contributed by atoms with E-state index in [1.165, 1.54) is 0 Å². The lowest BCUT2D eigenvalue weighted by molar-refractivity contribution is 0.592. The minimum Gasteiger partial charge on any atom is -0.309 e. The van der Waals surface area contributed by atoms with Crippen molar-refractivity contribution in [2.45, 2.75) is 0 Å². The van der Waals surface area contributed by atoms with E-state index in [-0.39, 0.29) is 0 Å². The van der Waals surface area contributed by atoms with Crippen LogP contribution in [0.25, 0.3) is 0 Å². The molecular weight excluding hydrogens is 423 g/mol. The zero-order valence-corrected chi connectivity index (χ0v) is 15.7. The molecule has 0 heterocycles. The highest BCUT2D eigenvalue weighted by molar-refractivity contribution is 9.11. The van der Waals surface area contributed by atoms with E-state index in [9.17, 15) is 4.57 Å². The fourth-order valence-corrected chi connectivity index (χ4v) is 6.92. The van der Waals surface area contributed by atoms with E-state index in [0.717, 1.165) is 24.9 Å². The van der Waals surface area contributed by atoms with Gasteiger partial charge in [-0.15, -0.1) is 0 Å². The van der Waals surface area contributed by atoms with Crippen LogP contribution in [0.3, 0.4) is 0 Å². The second-order valence-corrected chi connectivity index (χ2v) is 9.38. The molecule has 0 fully saturated rings. The summed E-state index contributed by atoms with van der Waals surface area (Å²) in [6.07, 6.45) is 0. The van der Waals surface area contributed by atoms with E-state index in [1.807, 2.05) is 78.9 Å². The maximum Gasteiger partial charge on any atom is 0.172 e. The van der Waals surface area contributed by atoms with Gasteiger partial charge in [-0.3, -0.25) is 0 Å². The SMILES string of the molecule is O=P(c1ccccc1)(c1ccccc1)c1ccc(Br)cc1Br. The molecule has 0 aliphatic carbocycles. The first kappa shape index (κ1) is 15.7. The van der Waals surface area contributed by atoms with Gasteiger partial charge in [0.1, 0.15) is 0 Å². The summed E-state index contributed by atoms with van der Waals surface area (Å²) in [4.78, 5) is 0. The lowest BCUT2D eigenvalue weighted by Gasteiger charge is -2.21. The topological polar surface area (TPSA) is 17.1 Å². The van der Waals surface area contributed by atoms with Crippen molar-refractivity contribution in [3.05, 3.63) is 87.8 Å². The molecule has 0 atom stereocenters. The van der Waals surface area contributed by atoms with Crippen molar-refractivity contribution in [2.75, 3.05) is 0 Å². The van der Waals surface area contributed by atoms with Gasteiger partial charge in [-0.25, -0.2) is 0 Å². The fraction of sp³-hybridized carbons (Fsp3) is 0. The summed E-state index contributed by atoms with van der Waals surface area (Å²) < 4.78 is 15.9. The molecule has 0 N–H and O–H groups in total. The van der Waals surface area contributed by atoms with Crippen LogP contribution < -0.4 is 15.9 Å². The molecule has 110 valence electrons. The molecule has 0 saturated carbocycles.